The number of aromatic nitrogens is 1. The highest BCUT2D eigenvalue weighted by atomic mass is 127. The largest absolute Gasteiger partial charge is 0.473 e. The number of nitrogens with zero attached hydrogens (tertiary/aromatic N) is 2. The van der Waals surface area contributed by atoms with Crippen LogP contribution in [-0.2, 0) is 19.7 Å². The maximum Gasteiger partial charge on any atom is 0.218 e. The molecule has 0 spiro atoms. The van der Waals surface area contributed by atoms with Gasteiger partial charge in [0, 0.05) is 31.9 Å². The minimum atomic E-state index is 0. The Labute approximate surface area is 189 Å². The first kappa shape index (κ1) is 22.7. The first-order valence-corrected chi connectivity index (χ1v) is 9.36. The van der Waals surface area contributed by atoms with Gasteiger partial charge in [0.2, 0.25) is 5.88 Å². The Morgan fingerprint density at radius 1 is 0.897 bits per heavy atom. The molecule has 2 N–H and O–H groups in total. The van der Waals surface area contributed by atoms with Crippen LogP contribution in [0.1, 0.15) is 22.3 Å². The first-order chi connectivity index (χ1) is 13.8. The Bertz CT molecular complexity index is 916. The number of benzene rings is 2. The number of aliphatic imine (C=N–C) groups is 1. The predicted octanol–water partition coefficient (Wildman–Crippen LogP) is 4.45. The highest BCUT2D eigenvalue weighted by Gasteiger charge is 2.07. The number of guanidine groups is 1. The van der Waals surface area contributed by atoms with Crippen molar-refractivity contribution in [2.75, 3.05) is 7.05 Å². The van der Waals surface area contributed by atoms with Crippen LogP contribution in [0.3, 0.4) is 0 Å². The van der Waals surface area contributed by atoms with Gasteiger partial charge in [0.15, 0.2) is 5.96 Å². The maximum atomic E-state index is 5.92. The van der Waals surface area contributed by atoms with Gasteiger partial charge in [-0.15, -0.1) is 24.0 Å². The van der Waals surface area contributed by atoms with Crippen molar-refractivity contribution in [1.82, 2.24) is 15.6 Å². The summed E-state index contributed by atoms with van der Waals surface area (Å²) in [4.78, 5) is 8.68. The first-order valence-electron chi connectivity index (χ1n) is 9.36. The number of hydrogen-bond acceptors (Lipinski definition) is 3. The average molecular weight is 502 g/mol. The highest BCUT2D eigenvalue weighted by molar-refractivity contribution is 14.0. The average Bonchev–Trinajstić information content (AvgIpc) is 2.75. The van der Waals surface area contributed by atoms with Crippen LogP contribution in [0.4, 0.5) is 0 Å². The van der Waals surface area contributed by atoms with E-state index in [0.717, 1.165) is 23.6 Å². The fourth-order valence-corrected chi connectivity index (χ4v) is 2.80. The molecule has 0 bridgehead atoms. The van der Waals surface area contributed by atoms with Gasteiger partial charge in [-0.25, -0.2) is 4.98 Å². The molecule has 0 aliphatic carbocycles. The van der Waals surface area contributed by atoms with Crippen molar-refractivity contribution >= 4 is 29.9 Å². The summed E-state index contributed by atoms with van der Waals surface area (Å²) in [6, 6.07) is 22.3. The molecule has 0 aliphatic heterocycles. The molecule has 1 aromatic heterocycles. The third kappa shape index (κ3) is 7.05. The molecule has 152 valence electrons. The second-order valence-electron chi connectivity index (χ2n) is 6.45. The van der Waals surface area contributed by atoms with Crippen molar-refractivity contribution in [3.63, 3.8) is 0 Å². The van der Waals surface area contributed by atoms with Gasteiger partial charge in [0.05, 0.1) is 0 Å². The van der Waals surface area contributed by atoms with Gasteiger partial charge in [0.25, 0.3) is 0 Å². The third-order valence-electron chi connectivity index (χ3n) is 4.45. The minimum Gasteiger partial charge on any atom is -0.473 e. The molecule has 1 heterocycles. The second kappa shape index (κ2) is 12.1. The highest BCUT2D eigenvalue weighted by Crippen LogP contribution is 2.16. The van der Waals surface area contributed by atoms with Crippen LogP contribution in [0.5, 0.6) is 5.88 Å². The van der Waals surface area contributed by atoms with Crippen molar-refractivity contribution in [2.24, 2.45) is 4.99 Å². The fraction of sp³-hybridized carbons (Fsp3) is 0.217. The summed E-state index contributed by atoms with van der Waals surface area (Å²) in [7, 11) is 1.77. The van der Waals surface area contributed by atoms with Crippen molar-refractivity contribution in [2.45, 2.75) is 26.6 Å². The van der Waals surface area contributed by atoms with E-state index in [0.29, 0.717) is 19.0 Å². The molecule has 0 unspecified atom stereocenters. The molecule has 6 heteroatoms. The van der Waals surface area contributed by atoms with Gasteiger partial charge in [0.1, 0.15) is 6.61 Å². The molecule has 0 fully saturated rings. The summed E-state index contributed by atoms with van der Waals surface area (Å²) in [5.41, 5.74) is 4.60. The second-order valence-corrected chi connectivity index (χ2v) is 6.45. The van der Waals surface area contributed by atoms with Crippen molar-refractivity contribution in [1.29, 1.82) is 0 Å². The quantitative estimate of drug-likeness (QED) is 0.285. The molecule has 29 heavy (non-hydrogen) atoms. The summed E-state index contributed by atoms with van der Waals surface area (Å²) in [5, 5.41) is 6.68. The van der Waals surface area contributed by atoms with Crippen molar-refractivity contribution in [3.05, 3.63) is 95.2 Å². The van der Waals surface area contributed by atoms with E-state index < -0.39 is 0 Å². The molecule has 0 amide bonds. The van der Waals surface area contributed by atoms with E-state index in [-0.39, 0.29) is 24.0 Å². The third-order valence-corrected chi connectivity index (χ3v) is 4.45. The molecule has 0 radical (unpaired) electrons. The number of pyridine rings is 1. The van der Waals surface area contributed by atoms with Crippen LogP contribution in [0, 0.1) is 6.92 Å². The topological polar surface area (TPSA) is 58.5 Å². The minimum absolute atomic E-state index is 0. The van der Waals surface area contributed by atoms with Crippen LogP contribution in [0.25, 0.3) is 0 Å². The van der Waals surface area contributed by atoms with Gasteiger partial charge in [-0.2, -0.15) is 0 Å². The van der Waals surface area contributed by atoms with E-state index in [1.807, 2.05) is 54.6 Å². The Kier molecular flexibility index (Phi) is 9.43. The SMILES string of the molecule is CN=C(NCc1ccccc1C)NCc1cccnc1OCc1ccccc1.I. The van der Waals surface area contributed by atoms with E-state index in [4.69, 9.17) is 4.74 Å². The molecule has 2 aromatic carbocycles. The zero-order valence-electron chi connectivity index (χ0n) is 16.8. The Morgan fingerprint density at radius 3 is 2.28 bits per heavy atom. The predicted molar refractivity (Wildman–Crippen MR) is 129 cm³/mol. The number of rotatable bonds is 7. The summed E-state index contributed by atoms with van der Waals surface area (Å²) in [6.07, 6.45) is 1.75. The van der Waals surface area contributed by atoms with Gasteiger partial charge >= 0.3 is 0 Å². The zero-order chi connectivity index (χ0) is 19.6. The monoisotopic (exact) mass is 502 g/mol. The molecule has 0 atom stereocenters. The lowest BCUT2D eigenvalue weighted by atomic mass is 10.1. The molecular weight excluding hydrogens is 475 g/mol. The lowest BCUT2D eigenvalue weighted by Crippen LogP contribution is -2.36. The lowest BCUT2D eigenvalue weighted by Gasteiger charge is -2.15. The molecule has 0 aliphatic rings. The van der Waals surface area contributed by atoms with Crippen LogP contribution >= 0.6 is 24.0 Å². The number of nitrogens with one attached hydrogen (secondary N) is 2. The zero-order valence-corrected chi connectivity index (χ0v) is 19.1. The van der Waals surface area contributed by atoms with Crippen LogP contribution < -0.4 is 15.4 Å². The summed E-state index contributed by atoms with van der Waals surface area (Å²) in [5.74, 6) is 1.37. The van der Waals surface area contributed by atoms with Gasteiger partial charge in [-0.3, -0.25) is 4.99 Å². The van der Waals surface area contributed by atoms with Crippen molar-refractivity contribution in [3.8, 4) is 5.88 Å². The van der Waals surface area contributed by atoms with Gasteiger partial charge < -0.3 is 15.4 Å². The fourth-order valence-electron chi connectivity index (χ4n) is 2.80. The van der Waals surface area contributed by atoms with E-state index in [2.05, 4.69) is 39.7 Å². The number of halogens is 1. The smallest absolute Gasteiger partial charge is 0.218 e. The van der Waals surface area contributed by atoms with E-state index in [9.17, 15) is 0 Å². The summed E-state index contributed by atoms with van der Waals surface area (Å²) in [6.45, 7) is 3.90. The molecule has 5 nitrogen and oxygen atoms in total. The number of hydrogen-bond donors (Lipinski definition) is 2. The number of aryl methyl sites for hydroxylation is 1. The molecular formula is C23H27IN4O. The molecule has 3 rings (SSSR count). The lowest BCUT2D eigenvalue weighted by molar-refractivity contribution is 0.290. The van der Waals surface area contributed by atoms with Crippen LogP contribution in [0.2, 0.25) is 0 Å². The standard InChI is InChI=1S/C23H26N4O.HI/c1-18-9-6-7-12-20(18)15-26-23(24-2)27-16-21-13-8-14-25-22(21)28-17-19-10-4-3-5-11-19;/h3-14H,15-17H2,1-2H3,(H2,24,26,27);1H. The maximum absolute atomic E-state index is 5.92. The van der Waals surface area contributed by atoms with Crippen molar-refractivity contribution < 1.29 is 4.74 Å². The summed E-state index contributed by atoms with van der Waals surface area (Å²) >= 11 is 0. The summed E-state index contributed by atoms with van der Waals surface area (Å²) < 4.78 is 5.92. The van der Waals surface area contributed by atoms with Gasteiger partial charge in [-0.05, 0) is 29.7 Å². The van der Waals surface area contributed by atoms with E-state index in [1.165, 1.54) is 11.1 Å². The Balaban J connectivity index is 0.00000300. The number of ether oxygens (including phenoxy) is 1. The Morgan fingerprint density at radius 2 is 1.55 bits per heavy atom. The molecule has 3 aromatic rings. The Hall–Kier alpha value is -2.61. The van der Waals surface area contributed by atoms with Gasteiger partial charge in [-0.1, -0.05) is 60.7 Å². The van der Waals surface area contributed by atoms with E-state index >= 15 is 0 Å². The molecule has 0 saturated carbocycles. The van der Waals surface area contributed by atoms with E-state index in [1.54, 1.807) is 13.2 Å². The van der Waals surface area contributed by atoms with Crippen LogP contribution in [0.15, 0.2) is 77.9 Å². The normalized spacial score (nSPS) is 10.8. The van der Waals surface area contributed by atoms with Crippen LogP contribution in [-0.4, -0.2) is 18.0 Å². The molecule has 0 saturated heterocycles.